The Balaban J connectivity index is 2.66. The minimum Gasteiger partial charge on any atom is -0.452 e. The molecule has 1 saturated heterocycles. The maximum Gasteiger partial charge on any atom is 0.311 e. The van der Waals surface area contributed by atoms with Gasteiger partial charge in [-0.15, -0.1) is 0 Å². The van der Waals surface area contributed by atoms with E-state index in [-0.39, 0.29) is 25.2 Å². The third-order valence-corrected chi connectivity index (χ3v) is 12.9. The van der Waals surface area contributed by atoms with Crippen LogP contribution in [-0.4, -0.2) is 150 Å². The number of likely N-dealkylation sites (N-methyl/N-ethyl adjacent to an activating group) is 3. The van der Waals surface area contributed by atoms with Crippen LogP contribution < -0.4 is 26.6 Å². The summed E-state index contributed by atoms with van der Waals surface area (Å²) < 4.78 is 5.75. The molecule has 380 valence electrons. The first-order valence-corrected chi connectivity index (χ1v) is 23.7. The van der Waals surface area contributed by atoms with Gasteiger partial charge in [0.2, 0.25) is 41.4 Å². The van der Waals surface area contributed by atoms with Gasteiger partial charge in [0.05, 0.1) is 25.0 Å². The molecule has 1 aromatic rings. The summed E-state index contributed by atoms with van der Waals surface area (Å²) in [5, 5.41) is 13.2. The summed E-state index contributed by atoms with van der Waals surface area (Å²) in [5.74, 6) is -8.97. The van der Waals surface area contributed by atoms with Crippen LogP contribution >= 0.6 is 0 Å². The van der Waals surface area contributed by atoms with Crippen molar-refractivity contribution in [3.63, 3.8) is 0 Å². The van der Waals surface area contributed by atoms with Crippen molar-refractivity contribution in [3.05, 3.63) is 35.9 Å². The van der Waals surface area contributed by atoms with E-state index in [1.165, 1.54) is 70.5 Å². The lowest BCUT2D eigenvalue weighted by atomic mass is 9.83. The highest BCUT2D eigenvalue weighted by Crippen LogP contribution is 2.22. The Morgan fingerprint density at radius 3 is 1.76 bits per heavy atom. The van der Waals surface area contributed by atoms with Gasteiger partial charge in [-0.05, 0) is 71.3 Å². The quantitative estimate of drug-likeness (QED) is 0.186. The topological polar surface area (TPSA) is 250 Å². The smallest absolute Gasteiger partial charge is 0.311 e. The van der Waals surface area contributed by atoms with Crippen LogP contribution in [0.3, 0.4) is 0 Å². The van der Waals surface area contributed by atoms with Crippen molar-refractivity contribution in [1.82, 2.24) is 41.3 Å². The molecule has 0 bridgehead atoms. The third-order valence-electron chi connectivity index (χ3n) is 12.9. The van der Waals surface area contributed by atoms with Gasteiger partial charge in [-0.2, -0.15) is 0 Å². The number of Topliss-reactive ketones (excluding diaryl/α,β-unsaturated/α-hetero) is 1. The molecule has 0 aromatic heterocycles. The number of carbonyl (C=O) groups is 10. The van der Waals surface area contributed by atoms with E-state index < -0.39 is 138 Å². The molecule has 1 heterocycles. The summed E-state index contributed by atoms with van der Waals surface area (Å²) in [5.41, 5.74) is -1.08. The minimum absolute atomic E-state index is 0.0194. The fraction of sp³-hybridized carbons (Fsp3) is 0.673. The first-order chi connectivity index (χ1) is 31.6. The number of carbonyl (C=O) groups excluding carboxylic acids is 10. The predicted molar refractivity (Wildman–Crippen MR) is 255 cm³/mol. The number of ketones is 1. The molecule has 1 aliphatic heterocycles. The lowest BCUT2D eigenvalue weighted by molar-refractivity contribution is -0.163. The summed E-state index contributed by atoms with van der Waals surface area (Å²) in [7, 11) is 4.24. The molecule has 5 N–H and O–H groups in total. The molecular formula is C49H78N8O11. The van der Waals surface area contributed by atoms with E-state index in [1.807, 2.05) is 13.8 Å². The maximum absolute atomic E-state index is 14.5. The molecule has 8 amide bonds. The summed E-state index contributed by atoms with van der Waals surface area (Å²) in [6.07, 6.45) is -0.427. The standard InChI is InChI=1S/C49H78N8O11/c1-16-29(7)40-45(64)51-25-37(58)55(13)35(23-27(3)4)43(62)50-26-38(59)57(15)39(28(5)6)46(65)56(14)36(24-33-21-19-18-20-22-33)44(63)52-31(9)41(60)49(11,12)48(67)53-32(10)42(61)54-34(17-2)30(8)47(66)68-40/h18-22,27-32,34-36,39-40H,16-17,23-26H2,1-15H3,(H,50,62)(H,51,64)(H,52,63)(H,53,67)(H,54,61). The average molecular weight is 955 g/mol. The van der Waals surface area contributed by atoms with Crippen molar-refractivity contribution < 1.29 is 52.7 Å². The van der Waals surface area contributed by atoms with Crippen LogP contribution in [0.25, 0.3) is 0 Å². The molecule has 1 aromatic carbocycles. The van der Waals surface area contributed by atoms with E-state index in [0.717, 1.165) is 0 Å². The lowest BCUT2D eigenvalue weighted by Crippen LogP contribution is -2.60. The SMILES string of the molecule is CCC(C)C1OC(=O)C(C)C(CC)NC(=O)C(C)NC(=O)C(C)(C)C(=O)C(C)NC(=O)C(Cc2ccccc2)N(C)C(=O)C(C(C)C)N(C)C(=O)CNC(=O)C(CC(C)C)N(C)C(=O)CNC1=O. The summed E-state index contributed by atoms with van der Waals surface area (Å²) >= 11 is 0. The predicted octanol–water partition coefficient (Wildman–Crippen LogP) is 1.75. The minimum atomic E-state index is -1.78. The number of nitrogens with one attached hydrogen (secondary N) is 5. The highest BCUT2D eigenvalue weighted by atomic mass is 16.5. The molecular weight excluding hydrogens is 877 g/mol. The van der Waals surface area contributed by atoms with Gasteiger partial charge in [0.25, 0.3) is 5.91 Å². The van der Waals surface area contributed by atoms with Gasteiger partial charge in [-0.25, -0.2) is 0 Å². The summed E-state index contributed by atoms with van der Waals surface area (Å²) in [4.78, 5) is 142. The van der Waals surface area contributed by atoms with Crippen LogP contribution in [0.2, 0.25) is 0 Å². The first kappa shape index (κ1) is 58.2. The van der Waals surface area contributed by atoms with E-state index >= 15 is 0 Å². The molecule has 9 unspecified atom stereocenters. The number of rotatable bonds is 8. The zero-order chi connectivity index (χ0) is 52.0. The number of cyclic esters (lactones) is 1. The molecule has 0 radical (unpaired) electrons. The van der Waals surface area contributed by atoms with Crippen LogP contribution in [0.1, 0.15) is 108 Å². The Morgan fingerprint density at radius 2 is 1.24 bits per heavy atom. The molecule has 68 heavy (non-hydrogen) atoms. The molecule has 1 aliphatic rings. The van der Waals surface area contributed by atoms with Gasteiger partial charge in [0.15, 0.2) is 11.9 Å². The molecule has 0 spiro atoms. The second-order valence-corrected chi connectivity index (χ2v) is 19.4. The van der Waals surface area contributed by atoms with Crippen LogP contribution in [0.15, 0.2) is 30.3 Å². The Hall–Kier alpha value is -5.88. The fourth-order valence-corrected chi connectivity index (χ4v) is 7.91. The number of esters is 1. The Bertz CT molecular complexity index is 1970. The average Bonchev–Trinajstić information content (AvgIpc) is 3.29. The number of ether oxygens (including phenoxy) is 1. The number of benzene rings is 1. The van der Waals surface area contributed by atoms with E-state index in [9.17, 15) is 47.9 Å². The van der Waals surface area contributed by atoms with Gasteiger partial charge >= 0.3 is 5.97 Å². The Kier molecular flexibility index (Phi) is 22.3. The van der Waals surface area contributed by atoms with E-state index in [2.05, 4.69) is 26.6 Å². The Morgan fingerprint density at radius 1 is 0.676 bits per heavy atom. The normalized spacial score (nSPS) is 27.2. The van der Waals surface area contributed by atoms with Crippen LogP contribution in [0, 0.1) is 29.1 Å². The second kappa shape index (κ2) is 26.0. The third kappa shape index (κ3) is 15.6. The van der Waals surface area contributed by atoms with E-state index in [1.54, 1.807) is 65.0 Å². The van der Waals surface area contributed by atoms with Gasteiger partial charge < -0.3 is 46.0 Å². The van der Waals surface area contributed by atoms with E-state index in [4.69, 9.17) is 4.74 Å². The van der Waals surface area contributed by atoms with Crippen molar-refractivity contribution in [3.8, 4) is 0 Å². The van der Waals surface area contributed by atoms with Crippen molar-refractivity contribution in [1.29, 1.82) is 0 Å². The second-order valence-electron chi connectivity index (χ2n) is 19.4. The monoisotopic (exact) mass is 955 g/mol. The van der Waals surface area contributed by atoms with Gasteiger partial charge in [0.1, 0.15) is 29.6 Å². The molecule has 1 fully saturated rings. The number of hydrogen-bond donors (Lipinski definition) is 5. The van der Waals surface area contributed by atoms with Crippen molar-refractivity contribution >= 4 is 59.0 Å². The number of hydrogen-bond acceptors (Lipinski definition) is 11. The van der Waals surface area contributed by atoms with E-state index in [0.29, 0.717) is 12.0 Å². The molecule has 0 saturated carbocycles. The number of nitrogens with zero attached hydrogens (tertiary/aromatic N) is 3. The molecule has 9 atom stereocenters. The largest absolute Gasteiger partial charge is 0.452 e. The Labute approximate surface area is 402 Å². The zero-order valence-corrected chi connectivity index (χ0v) is 42.8. The fourth-order valence-electron chi connectivity index (χ4n) is 7.91. The van der Waals surface area contributed by atoms with Crippen molar-refractivity contribution in [2.75, 3.05) is 34.2 Å². The van der Waals surface area contributed by atoms with Gasteiger partial charge in [-0.1, -0.05) is 78.8 Å². The van der Waals surface area contributed by atoms with Crippen LogP contribution in [-0.2, 0) is 59.1 Å². The lowest BCUT2D eigenvalue weighted by Gasteiger charge is -2.37. The van der Waals surface area contributed by atoms with Gasteiger partial charge in [0, 0.05) is 39.5 Å². The van der Waals surface area contributed by atoms with Crippen LogP contribution in [0.5, 0.6) is 0 Å². The van der Waals surface area contributed by atoms with Crippen molar-refractivity contribution in [2.45, 2.75) is 151 Å². The maximum atomic E-state index is 14.5. The van der Waals surface area contributed by atoms with Gasteiger partial charge in [-0.3, -0.25) is 47.9 Å². The molecule has 2 rings (SSSR count). The number of amides is 8. The molecule has 19 nitrogen and oxygen atoms in total. The van der Waals surface area contributed by atoms with Crippen LogP contribution in [0.4, 0.5) is 0 Å². The summed E-state index contributed by atoms with van der Waals surface area (Å²) in [6, 6.07) is 2.25. The molecule has 19 heteroatoms. The highest BCUT2D eigenvalue weighted by Gasteiger charge is 2.43. The first-order valence-electron chi connectivity index (χ1n) is 23.7. The van der Waals surface area contributed by atoms with Crippen molar-refractivity contribution in [2.24, 2.45) is 29.1 Å². The zero-order valence-electron chi connectivity index (χ0n) is 42.8. The molecule has 0 aliphatic carbocycles. The summed E-state index contributed by atoms with van der Waals surface area (Å²) in [6.45, 7) is 18.4. The highest BCUT2D eigenvalue weighted by molar-refractivity contribution is 6.09.